The molecule has 0 aliphatic carbocycles. The Bertz CT molecular complexity index is 746. The minimum Gasteiger partial charge on any atom is -0.393 e. The van der Waals surface area contributed by atoms with Gasteiger partial charge >= 0.3 is 5.97 Å². The highest BCUT2D eigenvalue weighted by Gasteiger charge is 2.61. The van der Waals surface area contributed by atoms with Crippen LogP contribution in [0.3, 0.4) is 0 Å². The quantitative estimate of drug-likeness (QED) is 0.328. The lowest BCUT2D eigenvalue weighted by atomic mass is 9.84. The Labute approximate surface area is 141 Å². The molecule has 0 spiro atoms. The summed E-state index contributed by atoms with van der Waals surface area (Å²) < 4.78 is 0. The van der Waals surface area contributed by atoms with Crippen molar-refractivity contribution in [2.75, 3.05) is 5.48 Å². The highest BCUT2D eigenvalue weighted by Crippen LogP contribution is 2.39. The summed E-state index contributed by atoms with van der Waals surface area (Å²) in [6, 6.07) is 3.29. The van der Waals surface area contributed by atoms with Crippen LogP contribution in [-0.2, 0) is 19.2 Å². The predicted octanol–water partition coefficient (Wildman–Crippen LogP) is 0.0141. The average molecular weight is 349 g/mol. The van der Waals surface area contributed by atoms with Crippen molar-refractivity contribution in [2.45, 2.75) is 31.5 Å². The summed E-state index contributed by atoms with van der Waals surface area (Å²) in [5.41, 5.74) is 2.46. The predicted molar refractivity (Wildman–Crippen MR) is 82.0 cm³/mol. The third-order valence-electron chi connectivity index (χ3n) is 4.40. The summed E-state index contributed by atoms with van der Waals surface area (Å²) in [5, 5.41) is 20.2. The molecule has 25 heavy (non-hydrogen) atoms. The third kappa shape index (κ3) is 2.80. The minimum absolute atomic E-state index is 0.00138. The van der Waals surface area contributed by atoms with E-state index in [9.17, 15) is 29.6 Å². The molecule has 1 aromatic rings. The number of nitrogens with one attached hydrogen (secondary N) is 1. The van der Waals surface area contributed by atoms with Crippen molar-refractivity contribution >= 4 is 29.0 Å². The van der Waals surface area contributed by atoms with Crippen molar-refractivity contribution in [1.82, 2.24) is 4.90 Å². The molecule has 0 radical (unpaired) electrons. The van der Waals surface area contributed by atoms with E-state index in [2.05, 4.69) is 5.48 Å². The molecular formula is C15H15N3O7. The van der Waals surface area contributed by atoms with Gasteiger partial charge in [0.15, 0.2) is 11.8 Å². The number of benzene rings is 1. The Kier molecular flexibility index (Phi) is 4.13. The van der Waals surface area contributed by atoms with Crippen LogP contribution in [-0.4, -0.2) is 50.8 Å². The lowest BCUT2D eigenvalue weighted by molar-refractivity contribution is -0.384. The van der Waals surface area contributed by atoms with E-state index in [1.54, 1.807) is 0 Å². The summed E-state index contributed by atoms with van der Waals surface area (Å²) in [6.07, 6.45) is -0.895. The zero-order chi connectivity index (χ0) is 18.3. The smallest absolute Gasteiger partial charge is 0.362 e. The normalized spacial score (nSPS) is 25.8. The Hall–Kier alpha value is -3.01. The van der Waals surface area contributed by atoms with Gasteiger partial charge in [0.25, 0.3) is 5.69 Å². The highest BCUT2D eigenvalue weighted by molar-refractivity contribution is 6.11. The molecule has 2 aliphatic heterocycles. The van der Waals surface area contributed by atoms with Crippen LogP contribution in [0.25, 0.3) is 0 Å². The number of amides is 1. The van der Waals surface area contributed by atoms with Gasteiger partial charge in [-0.2, -0.15) is 0 Å². The number of ketones is 1. The van der Waals surface area contributed by atoms with Gasteiger partial charge in [-0.1, -0.05) is 0 Å². The van der Waals surface area contributed by atoms with Gasteiger partial charge in [0.1, 0.15) is 0 Å². The summed E-state index contributed by atoms with van der Waals surface area (Å²) in [4.78, 5) is 52.2. The van der Waals surface area contributed by atoms with Gasteiger partial charge in [-0.05, 0) is 19.1 Å². The van der Waals surface area contributed by atoms with Crippen molar-refractivity contribution in [3.63, 3.8) is 0 Å². The molecule has 2 heterocycles. The molecule has 1 unspecified atom stereocenters. The number of aliphatic hydroxyl groups is 1. The third-order valence-corrected chi connectivity index (χ3v) is 4.40. The number of Topliss-reactive ketones (excluding diaryl/α,β-unsaturated/α-hetero) is 1. The average Bonchev–Trinajstić information content (AvgIpc) is 2.85. The van der Waals surface area contributed by atoms with Crippen LogP contribution in [0.15, 0.2) is 24.3 Å². The largest absolute Gasteiger partial charge is 0.393 e. The number of carbonyl (C=O) groups is 3. The van der Waals surface area contributed by atoms with E-state index in [0.717, 1.165) is 4.90 Å². The number of rotatable bonds is 5. The number of hydrogen-bond donors (Lipinski definition) is 2. The molecule has 2 N–H and O–H groups in total. The zero-order valence-corrected chi connectivity index (χ0v) is 13.1. The Morgan fingerprint density at radius 2 is 2.04 bits per heavy atom. The van der Waals surface area contributed by atoms with Crippen molar-refractivity contribution in [3.8, 4) is 0 Å². The first-order chi connectivity index (χ1) is 11.8. The van der Waals surface area contributed by atoms with Crippen molar-refractivity contribution < 1.29 is 29.3 Å². The van der Waals surface area contributed by atoms with Gasteiger partial charge in [0, 0.05) is 18.6 Å². The molecule has 1 amide bonds. The Morgan fingerprint density at radius 1 is 1.40 bits per heavy atom. The van der Waals surface area contributed by atoms with Crippen LogP contribution in [0.2, 0.25) is 0 Å². The zero-order valence-electron chi connectivity index (χ0n) is 13.1. The van der Waals surface area contributed by atoms with Crippen molar-refractivity contribution in [2.24, 2.45) is 5.92 Å². The molecule has 10 nitrogen and oxygen atoms in total. The van der Waals surface area contributed by atoms with Crippen LogP contribution in [0, 0.1) is 16.0 Å². The first-order valence-corrected chi connectivity index (χ1v) is 7.55. The molecule has 0 bridgehead atoms. The van der Waals surface area contributed by atoms with E-state index >= 15 is 0 Å². The van der Waals surface area contributed by atoms with Gasteiger partial charge in [0.05, 0.1) is 28.7 Å². The lowest BCUT2D eigenvalue weighted by Gasteiger charge is -2.45. The number of hydrogen-bond acceptors (Lipinski definition) is 8. The van der Waals surface area contributed by atoms with Crippen LogP contribution in [0.1, 0.15) is 13.3 Å². The van der Waals surface area contributed by atoms with Crippen molar-refractivity contribution in [1.29, 1.82) is 0 Å². The monoisotopic (exact) mass is 349 g/mol. The number of fused-ring (bicyclic) bond motifs is 1. The first kappa shape index (κ1) is 16.8. The van der Waals surface area contributed by atoms with Gasteiger partial charge in [-0.3, -0.25) is 19.7 Å². The molecule has 2 aliphatic rings. The van der Waals surface area contributed by atoms with E-state index in [0.29, 0.717) is 0 Å². The van der Waals surface area contributed by atoms with Crippen LogP contribution < -0.4 is 5.48 Å². The van der Waals surface area contributed by atoms with Gasteiger partial charge < -0.3 is 14.8 Å². The number of aliphatic hydroxyl groups excluding tert-OH is 1. The van der Waals surface area contributed by atoms with E-state index in [1.807, 2.05) is 0 Å². The number of nitro benzene ring substituents is 1. The molecule has 3 rings (SSSR count). The number of carbonyl (C=O) groups excluding carboxylic acids is 3. The van der Waals surface area contributed by atoms with Crippen LogP contribution in [0.5, 0.6) is 0 Å². The number of anilines is 1. The van der Waals surface area contributed by atoms with E-state index in [1.165, 1.54) is 31.2 Å². The summed E-state index contributed by atoms with van der Waals surface area (Å²) in [7, 11) is 0. The van der Waals surface area contributed by atoms with Crippen LogP contribution >= 0.6 is 0 Å². The topological polar surface area (TPSA) is 139 Å². The SMILES string of the molecule is C[C@@H](O)[C@H]1C(=O)N2C(C(=O)ONc3ccc([N+](=O)[O-])cc3)C(=O)C[C@H]12. The molecular weight excluding hydrogens is 334 g/mol. The lowest BCUT2D eigenvalue weighted by Crippen LogP contribution is -2.65. The molecule has 0 saturated carbocycles. The van der Waals surface area contributed by atoms with Crippen molar-refractivity contribution in [3.05, 3.63) is 34.4 Å². The highest BCUT2D eigenvalue weighted by atomic mass is 16.7. The van der Waals surface area contributed by atoms with E-state index in [-0.39, 0.29) is 17.8 Å². The molecule has 4 atom stereocenters. The molecule has 0 aromatic heterocycles. The second-order valence-electron chi connectivity index (χ2n) is 5.98. The van der Waals surface area contributed by atoms with Crippen LogP contribution in [0.4, 0.5) is 11.4 Å². The van der Waals surface area contributed by atoms with E-state index < -0.39 is 46.7 Å². The summed E-state index contributed by atoms with van der Waals surface area (Å²) in [5.74, 6) is -2.52. The maximum absolute atomic E-state index is 12.1. The first-order valence-electron chi connectivity index (χ1n) is 7.55. The second-order valence-corrected chi connectivity index (χ2v) is 5.98. The number of nitrogens with zero attached hydrogens (tertiary/aromatic N) is 2. The van der Waals surface area contributed by atoms with Gasteiger partial charge in [-0.25, -0.2) is 10.3 Å². The van der Waals surface area contributed by atoms with Gasteiger partial charge in [-0.15, -0.1) is 0 Å². The fourth-order valence-electron chi connectivity index (χ4n) is 3.20. The van der Waals surface area contributed by atoms with E-state index in [4.69, 9.17) is 4.84 Å². The fraction of sp³-hybridized carbons (Fsp3) is 0.400. The van der Waals surface area contributed by atoms with Gasteiger partial charge in [0.2, 0.25) is 5.91 Å². The number of β-lactam (4-membered cyclic amide) rings is 1. The molecule has 2 fully saturated rings. The Morgan fingerprint density at radius 3 is 2.60 bits per heavy atom. The summed E-state index contributed by atoms with van der Waals surface area (Å²) in [6.45, 7) is 1.46. The Balaban J connectivity index is 1.63. The summed E-state index contributed by atoms with van der Waals surface area (Å²) >= 11 is 0. The number of nitro groups is 1. The molecule has 1 aromatic carbocycles. The minimum atomic E-state index is -1.34. The fourth-order valence-corrected chi connectivity index (χ4v) is 3.20. The standard InChI is InChI=1S/C15H15N3O7/c1-7(19)12-10-6-11(20)13(17(10)14(12)21)15(22)25-16-8-2-4-9(5-3-8)18(23)24/h2-5,7,10,12-13,16,19H,6H2,1H3/t7-,10-,12-,13?/m1/s1. The molecule has 2 saturated heterocycles. The molecule has 132 valence electrons. The maximum Gasteiger partial charge on any atom is 0.362 e. The second kappa shape index (κ2) is 6.13. The molecule has 10 heteroatoms. The number of non-ortho nitro benzene ring substituents is 1. The maximum atomic E-state index is 12.1.